The van der Waals surface area contributed by atoms with Crippen LogP contribution in [0.4, 0.5) is 5.69 Å². The molecular weight excluding hydrogens is 264 g/mol. The van der Waals surface area contributed by atoms with Gasteiger partial charge in [0.15, 0.2) is 0 Å². The van der Waals surface area contributed by atoms with Crippen LogP contribution in [-0.4, -0.2) is 11.9 Å². The molecule has 5 heteroatoms. The van der Waals surface area contributed by atoms with Gasteiger partial charge in [0.2, 0.25) is 0 Å². The molecule has 1 atom stereocenters. The Balaban J connectivity index is 2.04. The Kier molecular flexibility index (Phi) is 4.12. The van der Waals surface area contributed by atoms with Gasteiger partial charge in [0.05, 0.1) is 16.8 Å². The van der Waals surface area contributed by atoms with Crippen LogP contribution in [0.3, 0.4) is 0 Å². The van der Waals surface area contributed by atoms with Crippen molar-refractivity contribution >= 4 is 23.2 Å². The number of hydrogen-bond donors (Lipinski definition) is 2. The molecule has 0 aliphatic heterocycles. The fraction of sp³-hybridized carbons (Fsp3) is 0.214. The second-order valence-electron chi connectivity index (χ2n) is 4.36. The van der Waals surface area contributed by atoms with Crippen molar-refractivity contribution in [3.8, 4) is 0 Å². The second-order valence-corrected chi connectivity index (χ2v) is 4.77. The molecule has 4 nitrogen and oxygen atoms in total. The number of benzene rings is 1. The molecule has 0 fully saturated rings. The molecule has 0 aliphatic rings. The van der Waals surface area contributed by atoms with E-state index in [9.17, 15) is 4.79 Å². The van der Waals surface area contributed by atoms with Crippen LogP contribution in [0.2, 0.25) is 5.02 Å². The number of nitrogens with one attached hydrogen (secondary N) is 1. The molecular formula is C14H15ClN2O2. The number of nitrogen functional groups attached to an aromatic ring is 1. The van der Waals surface area contributed by atoms with Crippen molar-refractivity contribution in [3.05, 3.63) is 52.9 Å². The van der Waals surface area contributed by atoms with Crippen molar-refractivity contribution < 1.29 is 9.21 Å². The lowest BCUT2D eigenvalue weighted by Gasteiger charge is -2.14. The van der Waals surface area contributed by atoms with Crippen LogP contribution in [0.15, 0.2) is 41.0 Å². The molecule has 1 amide bonds. The summed E-state index contributed by atoms with van der Waals surface area (Å²) >= 11 is 5.99. The van der Waals surface area contributed by atoms with Crippen molar-refractivity contribution in [2.75, 3.05) is 5.73 Å². The maximum Gasteiger partial charge on any atom is 0.255 e. The van der Waals surface area contributed by atoms with E-state index in [1.807, 2.05) is 19.1 Å². The van der Waals surface area contributed by atoms with Crippen molar-refractivity contribution in [2.45, 2.75) is 19.4 Å². The quantitative estimate of drug-likeness (QED) is 0.845. The highest BCUT2D eigenvalue weighted by molar-refractivity contribution is 6.34. The lowest BCUT2D eigenvalue weighted by molar-refractivity contribution is 0.0940. The monoisotopic (exact) mass is 278 g/mol. The number of furan rings is 1. The third-order valence-corrected chi connectivity index (χ3v) is 3.05. The summed E-state index contributed by atoms with van der Waals surface area (Å²) in [6.45, 7) is 1.90. The zero-order valence-electron chi connectivity index (χ0n) is 10.5. The number of carbonyl (C=O) groups is 1. The van der Waals surface area contributed by atoms with E-state index in [0.29, 0.717) is 22.7 Å². The molecule has 1 heterocycles. The highest BCUT2D eigenvalue weighted by Gasteiger charge is 2.16. The number of anilines is 1. The minimum absolute atomic E-state index is 0.0747. The topological polar surface area (TPSA) is 68.3 Å². The average Bonchev–Trinajstić information content (AvgIpc) is 2.81. The van der Waals surface area contributed by atoms with Crippen LogP contribution in [0.25, 0.3) is 0 Å². The van der Waals surface area contributed by atoms with Gasteiger partial charge >= 0.3 is 0 Å². The van der Waals surface area contributed by atoms with Gasteiger partial charge in [0.1, 0.15) is 5.76 Å². The number of carbonyl (C=O) groups excluding carboxylic acids is 1. The molecule has 2 aromatic rings. The Labute approximate surface area is 116 Å². The molecule has 0 saturated carbocycles. The summed E-state index contributed by atoms with van der Waals surface area (Å²) in [5, 5.41) is 3.20. The molecule has 0 saturated heterocycles. The molecule has 1 aromatic carbocycles. The lowest BCUT2D eigenvalue weighted by Crippen LogP contribution is -2.34. The minimum atomic E-state index is -0.276. The highest BCUT2D eigenvalue weighted by atomic mass is 35.5. The van der Waals surface area contributed by atoms with Gasteiger partial charge in [-0.15, -0.1) is 0 Å². The van der Waals surface area contributed by atoms with Gasteiger partial charge < -0.3 is 15.5 Å². The maximum absolute atomic E-state index is 12.1. The molecule has 0 bridgehead atoms. The Morgan fingerprint density at radius 3 is 2.84 bits per heavy atom. The Morgan fingerprint density at radius 2 is 2.21 bits per heavy atom. The van der Waals surface area contributed by atoms with E-state index in [-0.39, 0.29) is 11.9 Å². The largest absolute Gasteiger partial charge is 0.469 e. The van der Waals surface area contributed by atoms with Crippen LogP contribution < -0.4 is 11.1 Å². The van der Waals surface area contributed by atoms with E-state index >= 15 is 0 Å². The van der Waals surface area contributed by atoms with Gasteiger partial charge in [-0.2, -0.15) is 0 Å². The van der Waals surface area contributed by atoms with Gasteiger partial charge in [0, 0.05) is 18.2 Å². The van der Waals surface area contributed by atoms with Crippen LogP contribution in [0.5, 0.6) is 0 Å². The van der Waals surface area contributed by atoms with E-state index in [2.05, 4.69) is 5.32 Å². The van der Waals surface area contributed by atoms with E-state index < -0.39 is 0 Å². The second kappa shape index (κ2) is 5.80. The molecule has 1 aromatic heterocycles. The number of amides is 1. The fourth-order valence-electron chi connectivity index (χ4n) is 1.86. The molecule has 3 N–H and O–H groups in total. The summed E-state index contributed by atoms with van der Waals surface area (Å²) in [6.07, 6.45) is 2.22. The van der Waals surface area contributed by atoms with E-state index in [1.165, 1.54) is 0 Å². The summed E-state index contributed by atoms with van der Waals surface area (Å²) in [5.41, 5.74) is 6.46. The normalized spacial score (nSPS) is 12.1. The fourth-order valence-corrected chi connectivity index (χ4v) is 2.13. The summed E-state index contributed by atoms with van der Waals surface area (Å²) < 4.78 is 5.24. The number of hydrogen-bond acceptors (Lipinski definition) is 3. The Morgan fingerprint density at radius 1 is 1.42 bits per heavy atom. The standard InChI is InChI=1S/C14H15ClN2O2/c1-9(8-10-4-3-7-19-10)17-14(18)13-11(15)5-2-6-12(13)16/h2-7,9H,8,16H2,1H3,(H,17,18). The van der Waals surface area contributed by atoms with Crippen molar-refractivity contribution in [1.82, 2.24) is 5.32 Å². The highest BCUT2D eigenvalue weighted by Crippen LogP contribution is 2.21. The first-order chi connectivity index (χ1) is 9.08. The first-order valence-corrected chi connectivity index (χ1v) is 6.33. The number of halogens is 1. The molecule has 100 valence electrons. The van der Waals surface area contributed by atoms with Gasteiger partial charge in [-0.1, -0.05) is 17.7 Å². The maximum atomic E-state index is 12.1. The smallest absolute Gasteiger partial charge is 0.255 e. The summed E-state index contributed by atoms with van der Waals surface area (Å²) in [5.74, 6) is 0.544. The summed E-state index contributed by atoms with van der Waals surface area (Å²) in [4.78, 5) is 12.1. The zero-order chi connectivity index (χ0) is 13.8. The third kappa shape index (κ3) is 3.29. The van der Waals surface area contributed by atoms with Crippen LogP contribution in [0, 0.1) is 0 Å². The number of rotatable bonds is 4. The van der Waals surface area contributed by atoms with E-state index in [0.717, 1.165) is 5.76 Å². The Hall–Kier alpha value is -1.94. The SMILES string of the molecule is CC(Cc1ccco1)NC(=O)c1c(N)cccc1Cl. The van der Waals surface area contributed by atoms with Crippen molar-refractivity contribution in [1.29, 1.82) is 0 Å². The van der Waals surface area contributed by atoms with Gasteiger partial charge in [-0.3, -0.25) is 4.79 Å². The predicted octanol–water partition coefficient (Wildman–Crippen LogP) is 2.88. The lowest BCUT2D eigenvalue weighted by atomic mass is 10.1. The summed E-state index contributed by atoms with van der Waals surface area (Å²) in [7, 11) is 0. The number of nitrogens with two attached hydrogens (primary N) is 1. The first kappa shape index (κ1) is 13.5. The van der Waals surface area contributed by atoms with Gasteiger partial charge in [-0.25, -0.2) is 0 Å². The molecule has 0 aliphatic carbocycles. The zero-order valence-corrected chi connectivity index (χ0v) is 11.3. The minimum Gasteiger partial charge on any atom is -0.469 e. The van der Waals surface area contributed by atoms with Crippen molar-refractivity contribution in [2.24, 2.45) is 0 Å². The predicted molar refractivity (Wildman–Crippen MR) is 75.2 cm³/mol. The Bertz CT molecular complexity index is 547. The molecule has 2 rings (SSSR count). The molecule has 1 unspecified atom stereocenters. The van der Waals surface area contributed by atoms with E-state index in [1.54, 1.807) is 24.5 Å². The van der Waals surface area contributed by atoms with Gasteiger partial charge in [-0.05, 0) is 31.2 Å². The summed E-state index contributed by atoms with van der Waals surface area (Å²) in [6, 6.07) is 8.61. The van der Waals surface area contributed by atoms with Crippen LogP contribution in [-0.2, 0) is 6.42 Å². The first-order valence-electron chi connectivity index (χ1n) is 5.95. The molecule has 19 heavy (non-hydrogen) atoms. The molecule has 0 spiro atoms. The van der Waals surface area contributed by atoms with Crippen LogP contribution >= 0.6 is 11.6 Å². The van der Waals surface area contributed by atoms with Gasteiger partial charge in [0.25, 0.3) is 5.91 Å². The van der Waals surface area contributed by atoms with E-state index in [4.69, 9.17) is 21.8 Å². The van der Waals surface area contributed by atoms with Crippen molar-refractivity contribution in [3.63, 3.8) is 0 Å². The third-order valence-electron chi connectivity index (χ3n) is 2.74. The van der Waals surface area contributed by atoms with Crippen LogP contribution in [0.1, 0.15) is 23.0 Å². The average molecular weight is 279 g/mol. The molecule has 0 radical (unpaired) electrons.